The van der Waals surface area contributed by atoms with Gasteiger partial charge in [0.2, 0.25) is 0 Å². The van der Waals surface area contributed by atoms with Crippen LogP contribution in [0.4, 0.5) is 0 Å². The summed E-state index contributed by atoms with van der Waals surface area (Å²) in [6, 6.07) is 11.8. The van der Waals surface area contributed by atoms with E-state index in [4.69, 9.17) is 0 Å². The Labute approximate surface area is 143 Å². The Hall–Kier alpha value is -2.80. The first kappa shape index (κ1) is 16.1. The number of hydrogen-bond donors (Lipinski definition) is 1. The van der Waals surface area contributed by atoms with Crippen LogP contribution in [0.1, 0.15) is 33.5 Å². The highest BCUT2D eigenvalue weighted by molar-refractivity contribution is 7.12. The van der Waals surface area contributed by atoms with E-state index in [1.807, 2.05) is 62.5 Å². The number of benzene rings is 1. The van der Waals surface area contributed by atoms with Crippen LogP contribution in [0.5, 0.6) is 0 Å². The molecule has 0 saturated heterocycles. The number of nitrogens with zero attached hydrogens (tertiary/aromatic N) is 4. The molecule has 1 amide bonds. The predicted octanol–water partition coefficient (Wildman–Crippen LogP) is 3.10. The van der Waals surface area contributed by atoms with Crippen LogP contribution >= 0.6 is 11.3 Å². The molecule has 3 rings (SSSR count). The molecule has 0 radical (unpaired) electrons. The number of thiophene rings is 1. The van der Waals surface area contributed by atoms with E-state index in [-0.39, 0.29) is 11.6 Å². The van der Waals surface area contributed by atoms with E-state index in [2.05, 4.69) is 20.8 Å². The second-order valence-electron chi connectivity index (χ2n) is 5.39. The Balaban J connectivity index is 1.79. The molecule has 2 heterocycles. The Morgan fingerprint density at radius 3 is 2.62 bits per heavy atom. The third kappa shape index (κ3) is 3.26. The summed E-state index contributed by atoms with van der Waals surface area (Å²) in [5.41, 5.74) is 6.25. The van der Waals surface area contributed by atoms with Crippen molar-refractivity contribution in [2.75, 3.05) is 0 Å². The van der Waals surface area contributed by atoms with Gasteiger partial charge in [-0.2, -0.15) is 5.10 Å². The van der Waals surface area contributed by atoms with Crippen molar-refractivity contribution in [3.05, 3.63) is 63.6 Å². The lowest BCUT2D eigenvalue weighted by atomic mass is 10.2. The van der Waals surface area contributed by atoms with Gasteiger partial charge in [0.25, 0.3) is 5.91 Å². The standard InChI is InChI=1S/C17H17N5OS/c1-11-6-8-14(9-7-11)22-13(3)16(19-21-22)17(23)20-18-12(2)15-5-4-10-24-15/h4-10H,1-3H3,(H,20,23)/b18-12+. The molecule has 6 nitrogen and oxygen atoms in total. The average molecular weight is 339 g/mol. The van der Waals surface area contributed by atoms with Gasteiger partial charge in [0.1, 0.15) is 0 Å². The minimum absolute atomic E-state index is 0.262. The molecular formula is C17H17N5OS. The van der Waals surface area contributed by atoms with Crippen LogP contribution in [0.25, 0.3) is 5.69 Å². The minimum Gasteiger partial charge on any atom is -0.265 e. The lowest BCUT2D eigenvalue weighted by Gasteiger charge is -2.04. The third-order valence-electron chi connectivity index (χ3n) is 3.59. The van der Waals surface area contributed by atoms with Crippen molar-refractivity contribution in [3.8, 4) is 5.69 Å². The molecule has 1 aromatic carbocycles. The largest absolute Gasteiger partial charge is 0.293 e. The topological polar surface area (TPSA) is 72.2 Å². The van der Waals surface area contributed by atoms with E-state index in [1.54, 1.807) is 16.0 Å². The second kappa shape index (κ2) is 6.76. The number of hydrazone groups is 1. The first-order valence-corrected chi connectivity index (χ1v) is 8.32. The Morgan fingerprint density at radius 2 is 1.96 bits per heavy atom. The van der Waals surface area contributed by atoms with E-state index >= 15 is 0 Å². The SMILES string of the molecule is C/C(=N\NC(=O)c1nnn(-c2ccc(C)cc2)c1C)c1cccs1. The van der Waals surface area contributed by atoms with Crippen molar-refractivity contribution in [1.82, 2.24) is 20.4 Å². The minimum atomic E-state index is -0.373. The number of amides is 1. The zero-order valence-corrected chi connectivity index (χ0v) is 14.5. The fraction of sp³-hybridized carbons (Fsp3) is 0.176. The Bertz CT molecular complexity index is 878. The molecule has 0 atom stereocenters. The van der Waals surface area contributed by atoms with Gasteiger partial charge >= 0.3 is 0 Å². The van der Waals surface area contributed by atoms with Crippen molar-refractivity contribution in [3.63, 3.8) is 0 Å². The fourth-order valence-corrected chi connectivity index (χ4v) is 2.87. The highest BCUT2D eigenvalue weighted by Gasteiger charge is 2.17. The van der Waals surface area contributed by atoms with Gasteiger partial charge in [-0.1, -0.05) is 29.0 Å². The molecule has 0 bridgehead atoms. The van der Waals surface area contributed by atoms with Gasteiger partial charge in [-0.05, 0) is 44.4 Å². The molecule has 0 saturated carbocycles. The number of carbonyl (C=O) groups excluding carboxylic acids is 1. The summed E-state index contributed by atoms with van der Waals surface area (Å²) < 4.78 is 1.64. The molecule has 1 N–H and O–H groups in total. The summed E-state index contributed by atoms with van der Waals surface area (Å²) in [6.45, 7) is 5.68. The molecule has 24 heavy (non-hydrogen) atoms. The van der Waals surface area contributed by atoms with Crippen molar-refractivity contribution < 1.29 is 4.79 Å². The van der Waals surface area contributed by atoms with Crippen molar-refractivity contribution in [2.45, 2.75) is 20.8 Å². The molecule has 0 fully saturated rings. The lowest BCUT2D eigenvalue weighted by Crippen LogP contribution is -2.20. The molecular weight excluding hydrogens is 322 g/mol. The summed E-state index contributed by atoms with van der Waals surface area (Å²) in [5, 5.41) is 14.2. The van der Waals surface area contributed by atoms with Gasteiger partial charge in [0.15, 0.2) is 5.69 Å². The molecule has 0 aliphatic rings. The molecule has 0 aliphatic heterocycles. The van der Waals surface area contributed by atoms with Crippen LogP contribution in [-0.4, -0.2) is 26.6 Å². The first-order valence-electron chi connectivity index (χ1n) is 7.44. The molecule has 0 aliphatic carbocycles. The van der Waals surface area contributed by atoms with Crippen LogP contribution in [0.15, 0.2) is 46.9 Å². The van der Waals surface area contributed by atoms with Crippen molar-refractivity contribution in [2.24, 2.45) is 5.10 Å². The summed E-state index contributed by atoms with van der Waals surface area (Å²) in [4.78, 5) is 13.3. The number of nitrogens with one attached hydrogen (secondary N) is 1. The molecule has 122 valence electrons. The number of rotatable bonds is 4. The van der Waals surface area contributed by atoms with Gasteiger partial charge < -0.3 is 0 Å². The summed E-state index contributed by atoms with van der Waals surface area (Å²) >= 11 is 1.57. The Kier molecular flexibility index (Phi) is 4.52. The van der Waals surface area contributed by atoms with Crippen molar-refractivity contribution >= 4 is 23.0 Å². The maximum absolute atomic E-state index is 12.3. The molecule has 0 unspecified atom stereocenters. The number of hydrogen-bond acceptors (Lipinski definition) is 5. The van der Waals surface area contributed by atoms with Crippen molar-refractivity contribution in [1.29, 1.82) is 0 Å². The maximum atomic E-state index is 12.3. The van der Waals surface area contributed by atoms with Crippen LogP contribution in [0, 0.1) is 13.8 Å². The van der Waals surface area contributed by atoms with E-state index < -0.39 is 0 Å². The van der Waals surface area contributed by atoms with E-state index in [0.717, 1.165) is 21.8 Å². The number of aryl methyl sites for hydroxylation is 1. The number of carbonyl (C=O) groups is 1. The predicted molar refractivity (Wildman–Crippen MR) is 94.8 cm³/mol. The molecule has 2 aromatic heterocycles. The summed E-state index contributed by atoms with van der Waals surface area (Å²) in [5.74, 6) is -0.373. The average Bonchev–Trinajstić information content (AvgIpc) is 3.23. The molecule has 0 spiro atoms. The molecule has 3 aromatic rings. The summed E-state index contributed by atoms with van der Waals surface area (Å²) in [7, 11) is 0. The van der Waals surface area contributed by atoms with Gasteiger partial charge in [-0.25, -0.2) is 10.1 Å². The fourth-order valence-electron chi connectivity index (χ4n) is 2.20. The zero-order valence-electron chi connectivity index (χ0n) is 13.6. The monoisotopic (exact) mass is 339 g/mol. The zero-order chi connectivity index (χ0) is 17.1. The second-order valence-corrected chi connectivity index (χ2v) is 6.33. The third-order valence-corrected chi connectivity index (χ3v) is 4.57. The van der Waals surface area contributed by atoms with Gasteiger partial charge in [0, 0.05) is 4.88 Å². The van der Waals surface area contributed by atoms with E-state index in [0.29, 0.717) is 5.69 Å². The van der Waals surface area contributed by atoms with Crippen LogP contribution < -0.4 is 5.43 Å². The Morgan fingerprint density at radius 1 is 1.21 bits per heavy atom. The van der Waals surface area contributed by atoms with Crippen LogP contribution in [0.2, 0.25) is 0 Å². The number of aromatic nitrogens is 3. The quantitative estimate of drug-likeness (QED) is 0.586. The van der Waals surface area contributed by atoms with E-state index in [1.165, 1.54) is 0 Å². The first-order chi connectivity index (χ1) is 11.6. The normalized spacial score (nSPS) is 11.5. The van der Waals surface area contributed by atoms with Crippen LogP contribution in [0.3, 0.4) is 0 Å². The maximum Gasteiger partial charge on any atom is 0.293 e. The van der Waals surface area contributed by atoms with Gasteiger partial charge in [0.05, 0.1) is 17.1 Å². The van der Waals surface area contributed by atoms with E-state index in [9.17, 15) is 4.79 Å². The smallest absolute Gasteiger partial charge is 0.265 e. The van der Waals surface area contributed by atoms with Crippen LogP contribution in [-0.2, 0) is 0 Å². The molecule has 7 heteroatoms. The van der Waals surface area contributed by atoms with Gasteiger partial charge in [-0.15, -0.1) is 16.4 Å². The highest BCUT2D eigenvalue weighted by Crippen LogP contribution is 2.13. The summed E-state index contributed by atoms with van der Waals surface area (Å²) in [6.07, 6.45) is 0. The lowest BCUT2D eigenvalue weighted by molar-refractivity contribution is 0.0949. The highest BCUT2D eigenvalue weighted by atomic mass is 32.1. The van der Waals surface area contributed by atoms with Gasteiger partial charge in [-0.3, -0.25) is 4.79 Å².